The number of nitrogens with zero attached hydrogens (tertiary/aromatic N) is 5. The number of hydrogen-bond acceptors (Lipinski definition) is 9. The maximum atomic E-state index is 12.8. The topological polar surface area (TPSA) is 119 Å². The molecule has 2 N–H and O–H groups in total. The average Bonchev–Trinajstić information content (AvgIpc) is 3.80. The number of nitriles is 1. The van der Waals surface area contributed by atoms with E-state index in [0.29, 0.717) is 55.0 Å². The molecule has 5 aromatic rings. The van der Waals surface area contributed by atoms with Gasteiger partial charge in [0.25, 0.3) is 0 Å². The van der Waals surface area contributed by atoms with Crippen molar-refractivity contribution in [1.29, 1.82) is 5.26 Å². The van der Waals surface area contributed by atoms with E-state index >= 15 is 0 Å². The fourth-order valence-electron chi connectivity index (χ4n) is 7.05. The van der Waals surface area contributed by atoms with E-state index in [9.17, 15) is 15.2 Å². The molecule has 0 unspecified atom stereocenters. The Morgan fingerprint density at radius 1 is 1.06 bits per heavy atom. The fourth-order valence-corrected chi connectivity index (χ4v) is 8.22. The van der Waals surface area contributed by atoms with Crippen molar-refractivity contribution in [2.75, 3.05) is 19.6 Å². The third kappa shape index (κ3) is 6.52. The molecule has 0 spiro atoms. The summed E-state index contributed by atoms with van der Waals surface area (Å²) in [7, 11) is 0. The monoisotopic (exact) mass is 674 g/mol. The van der Waals surface area contributed by atoms with Gasteiger partial charge in [0.15, 0.2) is 5.58 Å². The number of benzene rings is 3. The Hall–Kier alpha value is -4.40. The fraction of sp³-hybridized carbons (Fsp3) is 0.385. The number of nitrogens with one attached hydrogen (secondary N) is 1. The molecule has 1 amide bonds. The summed E-state index contributed by atoms with van der Waals surface area (Å²) in [5, 5.41) is 23.7. The van der Waals surface area contributed by atoms with Crippen LogP contribution in [0.15, 0.2) is 52.9 Å². The van der Waals surface area contributed by atoms with Gasteiger partial charge >= 0.3 is 0 Å². The van der Waals surface area contributed by atoms with Crippen molar-refractivity contribution >= 4 is 28.3 Å². The molecule has 0 saturated heterocycles. The van der Waals surface area contributed by atoms with Crippen molar-refractivity contribution in [3.05, 3.63) is 81.4 Å². The number of rotatable bonds is 11. The molecular weight excluding hydrogens is 633 g/mol. The molecule has 0 radical (unpaired) electrons. The smallest absolute Gasteiger partial charge is 0.237 e. The molecule has 0 atom stereocenters. The summed E-state index contributed by atoms with van der Waals surface area (Å²) in [6.45, 7) is 12.7. The SMILES string of the molecule is CCCN(CC)Cc1cc(C#N)c2oc(-c3cccc(-c4cccc(-c5nc6c(s5)CN(C(=O)CNC5CC(O)C5)C6)c4C)c3C)nc2c1. The van der Waals surface area contributed by atoms with Crippen LogP contribution in [0, 0.1) is 25.2 Å². The second-order valence-corrected chi connectivity index (χ2v) is 14.4. The molecule has 9 nitrogen and oxygen atoms in total. The van der Waals surface area contributed by atoms with Gasteiger partial charge in [-0.15, -0.1) is 11.3 Å². The molecule has 49 heavy (non-hydrogen) atoms. The van der Waals surface area contributed by atoms with Crippen LogP contribution in [0.2, 0.25) is 0 Å². The van der Waals surface area contributed by atoms with E-state index in [1.165, 1.54) is 0 Å². The molecule has 3 aromatic carbocycles. The van der Waals surface area contributed by atoms with E-state index in [1.54, 1.807) is 11.3 Å². The van der Waals surface area contributed by atoms with Crippen LogP contribution >= 0.6 is 11.3 Å². The normalized spacial score (nSPS) is 17.0. The summed E-state index contributed by atoms with van der Waals surface area (Å²) >= 11 is 1.66. The van der Waals surface area contributed by atoms with Crippen molar-refractivity contribution in [1.82, 2.24) is 25.1 Å². The van der Waals surface area contributed by atoms with E-state index in [1.807, 2.05) is 29.2 Å². The number of aliphatic hydroxyl groups is 1. The van der Waals surface area contributed by atoms with Crippen molar-refractivity contribution in [3.63, 3.8) is 0 Å². The van der Waals surface area contributed by atoms with Gasteiger partial charge in [0.05, 0.1) is 37.0 Å². The lowest BCUT2D eigenvalue weighted by Crippen LogP contribution is -2.47. The maximum absolute atomic E-state index is 12.8. The minimum atomic E-state index is -0.239. The van der Waals surface area contributed by atoms with Crippen LogP contribution in [-0.2, 0) is 24.4 Å². The van der Waals surface area contributed by atoms with Gasteiger partial charge in [0, 0.05) is 28.6 Å². The van der Waals surface area contributed by atoms with E-state index in [4.69, 9.17) is 14.4 Å². The van der Waals surface area contributed by atoms with Crippen molar-refractivity contribution in [2.24, 2.45) is 0 Å². The minimum Gasteiger partial charge on any atom is -0.435 e. The van der Waals surface area contributed by atoms with E-state index < -0.39 is 0 Å². The third-order valence-corrected chi connectivity index (χ3v) is 11.1. The number of carbonyl (C=O) groups excluding carboxylic acids is 1. The van der Waals surface area contributed by atoms with Crippen molar-refractivity contribution in [2.45, 2.75) is 78.7 Å². The molecular formula is C39H42N6O3S. The molecule has 10 heteroatoms. The Labute approximate surface area is 291 Å². The summed E-state index contributed by atoms with van der Waals surface area (Å²) < 4.78 is 6.31. The maximum Gasteiger partial charge on any atom is 0.237 e. The Morgan fingerprint density at radius 2 is 1.78 bits per heavy atom. The van der Waals surface area contributed by atoms with E-state index in [-0.39, 0.29) is 18.1 Å². The molecule has 0 bridgehead atoms. The number of hydrogen-bond donors (Lipinski definition) is 2. The quantitative estimate of drug-likeness (QED) is 0.154. The second-order valence-electron chi connectivity index (χ2n) is 13.3. The lowest BCUT2D eigenvalue weighted by Gasteiger charge is -2.32. The Morgan fingerprint density at radius 3 is 2.45 bits per heavy atom. The third-order valence-electron chi connectivity index (χ3n) is 9.94. The van der Waals surface area contributed by atoms with Gasteiger partial charge in [-0.2, -0.15) is 5.26 Å². The van der Waals surface area contributed by atoms with Gasteiger partial charge in [-0.05, 0) is 92.2 Å². The van der Waals surface area contributed by atoms with E-state index in [2.05, 4.69) is 68.2 Å². The zero-order valence-corrected chi connectivity index (χ0v) is 29.4. The van der Waals surface area contributed by atoms with Gasteiger partial charge < -0.3 is 19.7 Å². The van der Waals surface area contributed by atoms with E-state index in [0.717, 1.165) is 80.6 Å². The molecule has 3 heterocycles. The van der Waals surface area contributed by atoms with Crippen LogP contribution in [0.1, 0.15) is 65.9 Å². The van der Waals surface area contributed by atoms with Gasteiger partial charge in [-0.1, -0.05) is 44.2 Å². The number of thiazole rings is 1. The van der Waals surface area contributed by atoms with Crippen LogP contribution in [0.5, 0.6) is 0 Å². The molecule has 1 aliphatic heterocycles. The Kier molecular flexibility index (Phi) is 9.36. The zero-order chi connectivity index (χ0) is 34.2. The Balaban J connectivity index is 1.13. The highest BCUT2D eigenvalue weighted by Gasteiger charge is 2.31. The molecule has 2 aromatic heterocycles. The summed E-state index contributed by atoms with van der Waals surface area (Å²) in [5.41, 5.74) is 10.1. The molecule has 7 rings (SSSR count). The lowest BCUT2D eigenvalue weighted by molar-refractivity contribution is -0.131. The molecule has 252 valence electrons. The number of aromatic nitrogens is 2. The number of aliphatic hydroxyl groups excluding tert-OH is 1. The first-order valence-corrected chi connectivity index (χ1v) is 18.0. The van der Waals surface area contributed by atoms with Crippen LogP contribution in [0.25, 0.3) is 44.3 Å². The predicted octanol–water partition coefficient (Wildman–Crippen LogP) is 6.96. The number of oxazole rings is 1. The summed E-state index contributed by atoms with van der Waals surface area (Å²) in [6, 6.07) is 19.1. The first-order chi connectivity index (χ1) is 23.8. The second kappa shape index (κ2) is 13.8. The van der Waals surface area contributed by atoms with Gasteiger partial charge in [0.1, 0.15) is 16.6 Å². The molecule has 1 saturated carbocycles. The lowest BCUT2D eigenvalue weighted by atomic mass is 9.89. The first-order valence-electron chi connectivity index (χ1n) is 17.2. The summed E-state index contributed by atoms with van der Waals surface area (Å²) in [6.07, 6.45) is 2.27. The number of amides is 1. The molecule has 1 aliphatic carbocycles. The highest BCUT2D eigenvalue weighted by molar-refractivity contribution is 7.15. The van der Waals surface area contributed by atoms with Crippen LogP contribution in [0.4, 0.5) is 0 Å². The Bertz CT molecular complexity index is 2050. The number of carbonyl (C=O) groups is 1. The largest absolute Gasteiger partial charge is 0.435 e. The van der Waals surface area contributed by atoms with Crippen LogP contribution in [-0.4, -0.2) is 62.6 Å². The van der Waals surface area contributed by atoms with Gasteiger partial charge in [-0.3, -0.25) is 9.69 Å². The minimum absolute atomic E-state index is 0.0695. The van der Waals surface area contributed by atoms with Gasteiger partial charge in [-0.25, -0.2) is 9.97 Å². The average molecular weight is 675 g/mol. The highest BCUT2D eigenvalue weighted by atomic mass is 32.1. The van der Waals surface area contributed by atoms with Crippen LogP contribution in [0.3, 0.4) is 0 Å². The molecule has 2 aliphatic rings. The predicted molar refractivity (Wildman–Crippen MR) is 193 cm³/mol. The summed E-state index contributed by atoms with van der Waals surface area (Å²) in [4.78, 5) is 28.1. The van der Waals surface area contributed by atoms with Crippen molar-refractivity contribution < 1.29 is 14.3 Å². The highest BCUT2D eigenvalue weighted by Crippen LogP contribution is 2.40. The summed E-state index contributed by atoms with van der Waals surface area (Å²) in [5.74, 6) is 0.577. The standard InChI is InChI=1S/C39H42N6O3S/c1-5-13-44(6-2)20-25-14-26(18-40)37-33(15-25)42-38(48-37)31-11-7-9-29(23(31)3)30-10-8-12-32(24(30)4)39-43-34-21-45(22-35(34)49-39)36(47)19-41-27-16-28(46)17-27/h7-12,14-15,27-28,41,46H,5-6,13,16-17,19-22H2,1-4H3. The number of fused-ring (bicyclic) bond motifs is 2. The zero-order valence-electron chi connectivity index (χ0n) is 28.5. The first kappa shape index (κ1) is 33.1. The van der Waals surface area contributed by atoms with Gasteiger partial charge in [0.2, 0.25) is 11.8 Å². The molecule has 1 fully saturated rings. The van der Waals surface area contributed by atoms with Crippen LogP contribution < -0.4 is 5.32 Å². The van der Waals surface area contributed by atoms with Crippen molar-refractivity contribution in [3.8, 4) is 39.2 Å².